The van der Waals surface area contributed by atoms with Crippen LogP contribution in [-0.4, -0.2) is 17.0 Å². The second-order valence-electron chi connectivity index (χ2n) is 5.21. The van der Waals surface area contributed by atoms with Crippen LogP contribution in [0.2, 0.25) is 0 Å². The summed E-state index contributed by atoms with van der Waals surface area (Å²) in [5.74, 6) is 0. The maximum absolute atomic E-state index is 4.67. The van der Waals surface area contributed by atoms with Crippen LogP contribution in [0.3, 0.4) is 0 Å². The molecule has 0 saturated heterocycles. The van der Waals surface area contributed by atoms with Crippen molar-refractivity contribution in [2.75, 3.05) is 7.05 Å². The second kappa shape index (κ2) is 5.92. The van der Waals surface area contributed by atoms with Gasteiger partial charge in [-0.25, -0.2) is 4.98 Å². The molecular weight excluding hydrogens is 278 g/mol. The fraction of sp³-hybridized carbons (Fsp3) is 0.294. The van der Waals surface area contributed by atoms with Crippen molar-refractivity contribution in [1.29, 1.82) is 0 Å². The Labute approximate surface area is 129 Å². The van der Waals surface area contributed by atoms with E-state index < -0.39 is 0 Å². The molecule has 1 atom stereocenters. The number of thiazole rings is 1. The van der Waals surface area contributed by atoms with Crippen molar-refractivity contribution in [3.05, 3.63) is 57.7 Å². The summed E-state index contributed by atoms with van der Waals surface area (Å²) in [6.45, 7) is 4.21. The Bertz CT molecular complexity index is 739. The minimum absolute atomic E-state index is 0.253. The molecule has 0 aliphatic carbocycles. The van der Waals surface area contributed by atoms with Crippen molar-refractivity contribution in [2.24, 2.45) is 0 Å². The molecule has 0 radical (unpaired) electrons. The van der Waals surface area contributed by atoms with Crippen LogP contribution in [0.1, 0.15) is 27.2 Å². The third-order valence-corrected chi connectivity index (χ3v) is 4.95. The van der Waals surface area contributed by atoms with Gasteiger partial charge in [0.1, 0.15) is 0 Å². The van der Waals surface area contributed by atoms with Crippen LogP contribution >= 0.6 is 11.3 Å². The lowest BCUT2D eigenvalue weighted by Crippen LogP contribution is -2.19. The summed E-state index contributed by atoms with van der Waals surface area (Å²) in [6.07, 6.45) is 2.80. The van der Waals surface area contributed by atoms with Gasteiger partial charge in [-0.1, -0.05) is 18.2 Å². The van der Waals surface area contributed by atoms with Gasteiger partial charge in [-0.2, -0.15) is 0 Å². The third-order valence-electron chi connectivity index (χ3n) is 3.86. The van der Waals surface area contributed by atoms with E-state index in [9.17, 15) is 0 Å². The predicted molar refractivity (Wildman–Crippen MR) is 88.8 cm³/mol. The highest BCUT2D eigenvalue weighted by molar-refractivity contribution is 7.11. The normalized spacial score (nSPS) is 12.7. The molecule has 2 heterocycles. The van der Waals surface area contributed by atoms with Crippen molar-refractivity contribution in [1.82, 2.24) is 15.3 Å². The smallest absolute Gasteiger partial charge is 0.0949 e. The number of pyridine rings is 1. The molecule has 4 heteroatoms. The molecule has 3 rings (SSSR count). The van der Waals surface area contributed by atoms with E-state index >= 15 is 0 Å². The van der Waals surface area contributed by atoms with Crippen LogP contribution < -0.4 is 5.32 Å². The number of nitrogens with zero attached hydrogens (tertiary/aromatic N) is 2. The molecule has 2 aromatic heterocycles. The summed E-state index contributed by atoms with van der Waals surface area (Å²) in [6, 6.07) is 10.7. The van der Waals surface area contributed by atoms with Gasteiger partial charge < -0.3 is 5.32 Å². The van der Waals surface area contributed by atoms with Crippen LogP contribution in [0, 0.1) is 13.8 Å². The van der Waals surface area contributed by atoms with Gasteiger partial charge >= 0.3 is 0 Å². The fourth-order valence-electron chi connectivity index (χ4n) is 2.59. The molecule has 1 unspecified atom stereocenters. The predicted octanol–water partition coefficient (Wildman–Crippen LogP) is 3.81. The van der Waals surface area contributed by atoms with Crippen molar-refractivity contribution in [3.63, 3.8) is 0 Å². The maximum Gasteiger partial charge on any atom is 0.0949 e. The lowest BCUT2D eigenvalue weighted by atomic mass is 10.00. The minimum Gasteiger partial charge on any atom is -0.313 e. The molecule has 1 aromatic carbocycles. The number of hydrogen-bond donors (Lipinski definition) is 1. The van der Waals surface area contributed by atoms with Crippen molar-refractivity contribution in [2.45, 2.75) is 26.3 Å². The number of rotatable bonds is 4. The van der Waals surface area contributed by atoms with E-state index in [0.717, 1.165) is 17.6 Å². The molecule has 0 bridgehead atoms. The highest BCUT2D eigenvalue weighted by Crippen LogP contribution is 2.27. The first-order valence-electron chi connectivity index (χ1n) is 7.13. The Morgan fingerprint density at radius 1 is 1.19 bits per heavy atom. The average molecular weight is 297 g/mol. The number of likely N-dealkylation sites (N-methyl/N-ethyl adjacent to an activating group) is 1. The fourth-order valence-corrected chi connectivity index (χ4v) is 3.57. The number of nitrogens with one attached hydrogen (secondary N) is 1. The maximum atomic E-state index is 4.67. The van der Waals surface area contributed by atoms with Gasteiger partial charge in [0, 0.05) is 28.9 Å². The zero-order chi connectivity index (χ0) is 14.8. The standard InChI is InChI=1S/C17H19N3S/c1-11-12(2)21-17(20-11)10-16(18-3)14-8-9-19-15-7-5-4-6-13(14)15/h4-9,16,18H,10H2,1-3H3. The molecule has 3 nitrogen and oxygen atoms in total. The number of para-hydroxylation sites is 1. The second-order valence-corrected chi connectivity index (χ2v) is 6.50. The number of benzene rings is 1. The van der Waals surface area contributed by atoms with E-state index in [1.54, 1.807) is 11.3 Å². The Kier molecular flexibility index (Phi) is 3.99. The van der Waals surface area contributed by atoms with E-state index in [0.29, 0.717) is 0 Å². The highest BCUT2D eigenvalue weighted by atomic mass is 32.1. The zero-order valence-corrected chi connectivity index (χ0v) is 13.4. The largest absolute Gasteiger partial charge is 0.313 e. The van der Waals surface area contributed by atoms with Gasteiger partial charge in [0.15, 0.2) is 0 Å². The van der Waals surface area contributed by atoms with Gasteiger partial charge in [-0.15, -0.1) is 11.3 Å². The van der Waals surface area contributed by atoms with E-state index in [4.69, 9.17) is 0 Å². The lowest BCUT2D eigenvalue weighted by Gasteiger charge is -2.17. The Hall–Kier alpha value is -1.78. The number of fused-ring (bicyclic) bond motifs is 1. The Morgan fingerprint density at radius 2 is 2.00 bits per heavy atom. The lowest BCUT2D eigenvalue weighted by molar-refractivity contribution is 0.593. The average Bonchev–Trinajstić information content (AvgIpc) is 2.82. The minimum atomic E-state index is 0.253. The number of aryl methyl sites for hydroxylation is 2. The van der Waals surface area contributed by atoms with Crippen LogP contribution in [0.5, 0.6) is 0 Å². The SMILES string of the molecule is CNC(Cc1nc(C)c(C)s1)c1ccnc2ccccc12. The summed E-state index contributed by atoms with van der Waals surface area (Å²) in [7, 11) is 2.01. The van der Waals surface area contributed by atoms with Gasteiger partial charge in [0.2, 0.25) is 0 Å². The van der Waals surface area contributed by atoms with Crippen molar-refractivity contribution < 1.29 is 0 Å². The zero-order valence-electron chi connectivity index (χ0n) is 12.6. The van der Waals surface area contributed by atoms with Crippen LogP contribution in [0.4, 0.5) is 0 Å². The molecule has 0 amide bonds. The molecule has 0 spiro atoms. The molecule has 0 fully saturated rings. The molecule has 108 valence electrons. The molecule has 0 saturated carbocycles. The van der Waals surface area contributed by atoms with E-state index in [1.165, 1.54) is 20.8 Å². The molecule has 3 aromatic rings. The number of aromatic nitrogens is 2. The topological polar surface area (TPSA) is 37.8 Å². The summed E-state index contributed by atoms with van der Waals surface area (Å²) in [5.41, 5.74) is 3.47. The van der Waals surface area contributed by atoms with Gasteiger partial charge in [0.25, 0.3) is 0 Å². The first kappa shape index (κ1) is 14.2. The first-order valence-corrected chi connectivity index (χ1v) is 7.94. The summed E-state index contributed by atoms with van der Waals surface area (Å²) in [5, 5.41) is 5.82. The van der Waals surface area contributed by atoms with Crippen LogP contribution in [0.25, 0.3) is 10.9 Å². The van der Waals surface area contributed by atoms with Crippen molar-refractivity contribution in [3.8, 4) is 0 Å². The van der Waals surface area contributed by atoms with E-state index in [1.807, 2.05) is 19.3 Å². The summed E-state index contributed by atoms with van der Waals surface area (Å²) in [4.78, 5) is 10.4. The van der Waals surface area contributed by atoms with E-state index in [2.05, 4.69) is 53.4 Å². The van der Waals surface area contributed by atoms with E-state index in [-0.39, 0.29) is 6.04 Å². The van der Waals surface area contributed by atoms with Gasteiger partial charge in [-0.05, 0) is 38.6 Å². The molecule has 1 N–H and O–H groups in total. The molecule has 0 aliphatic rings. The quantitative estimate of drug-likeness (QED) is 0.795. The summed E-state index contributed by atoms with van der Waals surface area (Å²) >= 11 is 1.79. The van der Waals surface area contributed by atoms with Gasteiger partial charge in [-0.3, -0.25) is 4.98 Å². The summed E-state index contributed by atoms with van der Waals surface area (Å²) < 4.78 is 0. The molecular formula is C17H19N3S. The Morgan fingerprint density at radius 3 is 2.71 bits per heavy atom. The van der Waals surface area contributed by atoms with Crippen LogP contribution in [-0.2, 0) is 6.42 Å². The van der Waals surface area contributed by atoms with Crippen LogP contribution in [0.15, 0.2) is 36.5 Å². The molecule has 0 aliphatic heterocycles. The van der Waals surface area contributed by atoms with Crippen molar-refractivity contribution >= 4 is 22.2 Å². The monoisotopic (exact) mass is 297 g/mol. The third kappa shape index (κ3) is 2.82. The van der Waals surface area contributed by atoms with Gasteiger partial charge in [0.05, 0.1) is 16.2 Å². The number of hydrogen-bond acceptors (Lipinski definition) is 4. The molecule has 21 heavy (non-hydrogen) atoms. The Balaban J connectivity index is 1.98. The first-order chi connectivity index (χ1) is 10.2. The highest BCUT2D eigenvalue weighted by Gasteiger charge is 2.16.